The molecular formula is C16H24N2O. The average molecular weight is 260 g/mol. The molecule has 0 aliphatic heterocycles. The molecule has 1 aromatic rings. The number of amides is 1. The van der Waals surface area contributed by atoms with Crippen LogP contribution < -0.4 is 5.73 Å². The van der Waals surface area contributed by atoms with Gasteiger partial charge >= 0.3 is 0 Å². The van der Waals surface area contributed by atoms with E-state index in [2.05, 4.69) is 31.2 Å². The molecule has 0 radical (unpaired) electrons. The molecule has 0 spiro atoms. The first-order valence-corrected chi connectivity index (χ1v) is 7.15. The summed E-state index contributed by atoms with van der Waals surface area (Å²) < 4.78 is 0. The van der Waals surface area contributed by atoms with Crippen molar-refractivity contribution >= 4 is 5.91 Å². The Labute approximate surface area is 115 Å². The number of aryl methyl sites for hydroxylation is 1. The van der Waals surface area contributed by atoms with Crippen molar-refractivity contribution in [3.63, 3.8) is 0 Å². The van der Waals surface area contributed by atoms with E-state index in [1.165, 1.54) is 11.1 Å². The van der Waals surface area contributed by atoms with Crippen molar-refractivity contribution in [3.8, 4) is 0 Å². The molecule has 1 aliphatic carbocycles. The number of hydrogen-bond donors (Lipinski definition) is 1. The van der Waals surface area contributed by atoms with Gasteiger partial charge in [-0.3, -0.25) is 4.79 Å². The maximum atomic E-state index is 12.4. The summed E-state index contributed by atoms with van der Waals surface area (Å²) in [5, 5.41) is 0. The fourth-order valence-corrected chi connectivity index (χ4v) is 2.31. The summed E-state index contributed by atoms with van der Waals surface area (Å²) in [4.78, 5) is 14.4. The predicted molar refractivity (Wildman–Crippen MR) is 77.6 cm³/mol. The first kappa shape index (κ1) is 14.1. The number of rotatable bonds is 6. The summed E-state index contributed by atoms with van der Waals surface area (Å²) >= 11 is 0. The van der Waals surface area contributed by atoms with Crippen molar-refractivity contribution in [2.45, 2.75) is 45.7 Å². The van der Waals surface area contributed by atoms with Gasteiger partial charge in [0.1, 0.15) is 0 Å². The lowest BCUT2D eigenvalue weighted by Crippen LogP contribution is -2.34. The molecule has 0 unspecified atom stereocenters. The van der Waals surface area contributed by atoms with E-state index in [4.69, 9.17) is 5.73 Å². The molecule has 3 nitrogen and oxygen atoms in total. The van der Waals surface area contributed by atoms with Crippen LogP contribution in [0.25, 0.3) is 0 Å². The molecule has 0 heterocycles. The number of carbonyl (C=O) groups excluding carboxylic acids is 1. The quantitative estimate of drug-likeness (QED) is 0.854. The molecule has 1 amide bonds. The third kappa shape index (κ3) is 4.06. The van der Waals surface area contributed by atoms with Gasteiger partial charge in [0.25, 0.3) is 0 Å². The zero-order valence-electron chi connectivity index (χ0n) is 11.9. The van der Waals surface area contributed by atoms with Gasteiger partial charge in [-0.15, -0.1) is 0 Å². The SMILES string of the molecule is Cc1cccc(CN(C(=O)C[C@@H](C)CN)C2CC2)c1. The highest BCUT2D eigenvalue weighted by molar-refractivity contribution is 5.77. The highest BCUT2D eigenvalue weighted by atomic mass is 16.2. The fourth-order valence-electron chi connectivity index (χ4n) is 2.31. The molecule has 2 N–H and O–H groups in total. The summed E-state index contributed by atoms with van der Waals surface area (Å²) in [5.41, 5.74) is 8.08. The van der Waals surface area contributed by atoms with Crippen molar-refractivity contribution in [2.24, 2.45) is 11.7 Å². The predicted octanol–water partition coefficient (Wildman–Crippen LogP) is 2.47. The number of benzene rings is 1. The zero-order chi connectivity index (χ0) is 13.8. The molecular weight excluding hydrogens is 236 g/mol. The first-order valence-electron chi connectivity index (χ1n) is 7.15. The second-order valence-electron chi connectivity index (χ2n) is 5.79. The minimum atomic E-state index is 0.252. The Balaban J connectivity index is 2.02. The van der Waals surface area contributed by atoms with Gasteiger partial charge in [0, 0.05) is 19.0 Å². The molecule has 1 fully saturated rings. The summed E-state index contributed by atoms with van der Waals surface area (Å²) in [6.07, 6.45) is 2.86. The highest BCUT2D eigenvalue weighted by Crippen LogP contribution is 2.29. The lowest BCUT2D eigenvalue weighted by Gasteiger charge is -2.24. The van der Waals surface area contributed by atoms with E-state index in [0.717, 1.165) is 19.4 Å². The van der Waals surface area contributed by atoms with Gasteiger partial charge < -0.3 is 10.6 Å². The van der Waals surface area contributed by atoms with Crippen molar-refractivity contribution in [1.29, 1.82) is 0 Å². The average Bonchev–Trinajstić information content (AvgIpc) is 3.20. The molecule has 2 rings (SSSR count). The topological polar surface area (TPSA) is 46.3 Å². The van der Waals surface area contributed by atoms with Crippen LogP contribution in [0.4, 0.5) is 0 Å². The van der Waals surface area contributed by atoms with Crippen LogP contribution in [-0.4, -0.2) is 23.4 Å². The fraction of sp³-hybridized carbons (Fsp3) is 0.562. The van der Waals surface area contributed by atoms with E-state index in [0.29, 0.717) is 19.0 Å². The van der Waals surface area contributed by atoms with E-state index < -0.39 is 0 Å². The Morgan fingerprint density at radius 1 is 1.47 bits per heavy atom. The summed E-state index contributed by atoms with van der Waals surface area (Å²) in [5.74, 6) is 0.521. The molecule has 3 heteroatoms. The third-order valence-corrected chi connectivity index (χ3v) is 3.67. The lowest BCUT2D eigenvalue weighted by molar-refractivity contribution is -0.133. The molecule has 0 bridgehead atoms. The zero-order valence-corrected chi connectivity index (χ0v) is 11.9. The molecule has 1 aromatic carbocycles. The monoisotopic (exact) mass is 260 g/mol. The van der Waals surface area contributed by atoms with Crippen LogP contribution in [0, 0.1) is 12.8 Å². The first-order chi connectivity index (χ1) is 9.10. The van der Waals surface area contributed by atoms with Crippen LogP contribution in [0.5, 0.6) is 0 Å². The van der Waals surface area contributed by atoms with Gasteiger partial charge in [-0.25, -0.2) is 0 Å². The number of nitrogens with zero attached hydrogens (tertiary/aromatic N) is 1. The second-order valence-corrected chi connectivity index (χ2v) is 5.79. The normalized spacial score (nSPS) is 16.2. The minimum absolute atomic E-state index is 0.252. The molecule has 104 valence electrons. The van der Waals surface area contributed by atoms with Gasteiger partial charge in [-0.1, -0.05) is 36.8 Å². The highest BCUT2D eigenvalue weighted by Gasteiger charge is 2.32. The Kier molecular flexibility index (Phi) is 4.59. The van der Waals surface area contributed by atoms with Crippen molar-refractivity contribution in [2.75, 3.05) is 6.54 Å². The van der Waals surface area contributed by atoms with Gasteiger partial charge in [-0.05, 0) is 37.8 Å². The van der Waals surface area contributed by atoms with Gasteiger partial charge in [0.2, 0.25) is 5.91 Å². The van der Waals surface area contributed by atoms with Crippen LogP contribution >= 0.6 is 0 Å². The summed E-state index contributed by atoms with van der Waals surface area (Å²) in [6, 6.07) is 8.86. The largest absolute Gasteiger partial charge is 0.335 e. The number of carbonyl (C=O) groups is 1. The minimum Gasteiger partial charge on any atom is -0.335 e. The van der Waals surface area contributed by atoms with Crippen LogP contribution in [0.3, 0.4) is 0 Å². The van der Waals surface area contributed by atoms with E-state index in [1.54, 1.807) is 0 Å². The van der Waals surface area contributed by atoms with E-state index in [9.17, 15) is 4.79 Å². The molecule has 1 saturated carbocycles. The Morgan fingerprint density at radius 3 is 2.79 bits per heavy atom. The number of hydrogen-bond acceptors (Lipinski definition) is 2. The van der Waals surface area contributed by atoms with Crippen molar-refractivity contribution < 1.29 is 4.79 Å². The van der Waals surface area contributed by atoms with Crippen LogP contribution in [0.1, 0.15) is 37.3 Å². The molecule has 0 saturated heterocycles. The lowest BCUT2D eigenvalue weighted by atomic mass is 10.1. The van der Waals surface area contributed by atoms with Gasteiger partial charge in [0.15, 0.2) is 0 Å². The smallest absolute Gasteiger partial charge is 0.223 e. The van der Waals surface area contributed by atoms with Crippen molar-refractivity contribution in [3.05, 3.63) is 35.4 Å². The molecule has 19 heavy (non-hydrogen) atoms. The Bertz CT molecular complexity index is 440. The molecule has 1 atom stereocenters. The second kappa shape index (κ2) is 6.20. The maximum absolute atomic E-state index is 12.4. The Morgan fingerprint density at radius 2 is 2.21 bits per heavy atom. The van der Waals surface area contributed by atoms with E-state index in [-0.39, 0.29) is 11.8 Å². The van der Waals surface area contributed by atoms with E-state index in [1.807, 2.05) is 11.8 Å². The maximum Gasteiger partial charge on any atom is 0.223 e. The summed E-state index contributed by atoms with van der Waals surface area (Å²) in [7, 11) is 0. The van der Waals surface area contributed by atoms with Crippen molar-refractivity contribution in [1.82, 2.24) is 4.90 Å². The standard InChI is InChI=1S/C16H24N2O/c1-12-4-3-5-14(8-12)11-18(15-6-7-15)16(19)9-13(2)10-17/h3-5,8,13,15H,6-7,9-11,17H2,1-2H3/t13-/m1/s1. The molecule has 1 aliphatic rings. The number of nitrogens with two attached hydrogens (primary N) is 1. The van der Waals surface area contributed by atoms with Crippen LogP contribution in [0.2, 0.25) is 0 Å². The summed E-state index contributed by atoms with van der Waals surface area (Å²) in [6.45, 7) is 5.44. The van der Waals surface area contributed by atoms with Gasteiger partial charge in [0.05, 0.1) is 0 Å². The third-order valence-electron chi connectivity index (χ3n) is 3.67. The van der Waals surface area contributed by atoms with E-state index >= 15 is 0 Å². The van der Waals surface area contributed by atoms with Gasteiger partial charge in [-0.2, -0.15) is 0 Å². The Hall–Kier alpha value is -1.35. The molecule has 0 aromatic heterocycles. The van der Waals surface area contributed by atoms with Crippen LogP contribution in [-0.2, 0) is 11.3 Å². The van der Waals surface area contributed by atoms with Crippen LogP contribution in [0.15, 0.2) is 24.3 Å².